The standard InChI is InChI=1S/C29H22N4O6S/c1-31(2)21-9-7-19(8-10-21)20-15-17-32(18-16-20)27-26(28(34)24-5-3-4-6-25(24)29(27)35)30-40(38,39)23-13-11-22(12-14-23)33(36)37/h3-18H,1-2H3. The van der Waals surface area contributed by atoms with Crippen molar-refractivity contribution in [2.24, 2.45) is 4.40 Å². The topological polar surface area (TPSA) is 137 Å². The average molecular weight is 555 g/mol. The number of aromatic nitrogens is 1. The molecule has 10 nitrogen and oxygen atoms in total. The summed E-state index contributed by atoms with van der Waals surface area (Å²) < 4.78 is 31.5. The van der Waals surface area contributed by atoms with Crippen molar-refractivity contribution in [1.82, 2.24) is 0 Å². The van der Waals surface area contributed by atoms with E-state index in [1.165, 1.54) is 16.7 Å². The molecule has 1 aliphatic carbocycles. The molecule has 1 aromatic heterocycles. The first kappa shape index (κ1) is 26.4. The predicted octanol–water partition coefficient (Wildman–Crippen LogP) is 3.33. The van der Waals surface area contributed by atoms with Crippen LogP contribution in [0.15, 0.2) is 107 Å². The summed E-state index contributed by atoms with van der Waals surface area (Å²) in [7, 11) is -0.623. The van der Waals surface area contributed by atoms with Crippen molar-refractivity contribution >= 4 is 44.3 Å². The summed E-state index contributed by atoms with van der Waals surface area (Å²) in [5.74, 6) is -1.30. The van der Waals surface area contributed by atoms with Crippen molar-refractivity contribution in [1.29, 1.82) is 0 Å². The van der Waals surface area contributed by atoms with E-state index in [1.54, 1.807) is 36.7 Å². The van der Waals surface area contributed by atoms with Gasteiger partial charge in [-0.1, -0.05) is 36.4 Å². The summed E-state index contributed by atoms with van der Waals surface area (Å²) >= 11 is 0. The van der Waals surface area contributed by atoms with Crippen LogP contribution < -0.4 is 14.6 Å². The van der Waals surface area contributed by atoms with Gasteiger partial charge < -0.3 is 10.0 Å². The zero-order valence-corrected chi connectivity index (χ0v) is 22.2. The Morgan fingerprint density at radius 1 is 0.825 bits per heavy atom. The average Bonchev–Trinajstić information content (AvgIpc) is 2.96. The summed E-state index contributed by atoms with van der Waals surface area (Å²) in [5.41, 5.74) is 1.90. The Labute approximate surface area is 230 Å². The van der Waals surface area contributed by atoms with E-state index in [0.29, 0.717) is 0 Å². The van der Waals surface area contributed by atoms with Crippen LogP contribution in [0.3, 0.4) is 0 Å². The summed E-state index contributed by atoms with van der Waals surface area (Å²) in [5, 5.41) is 24.6. The van der Waals surface area contributed by atoms with Gasteiger partial charge in [0.2, 0.25) is 11.5 Å². The molecule has 0 fully saturated rings. The van der Waals surface area contributed by atoms with E-state index < -0.39 is 32.2 Å². The number of pyridine rings is 1. The van der Waals surface area contributed by atoms with Gasteiger partial charge in [0.25, 0.3) is 15.7 Å². The Bertz CT molecular complexity index is 1810. The lowest BCUT2D eigenvalue weighted by atomic mass is 9.91. The van der Waals surface area contributed by atoms with E-state index in [4.69, 9.17) is 0 Å². The molecule has 200 valence electrons. The van der Waals surface area contributed by atoms with Crippen molar-refractivity contribution in [3.05, 3.63) is 119 Å². The van der Waals surface area contributed by atoms with Crippen LogP contribution in [0.2, 0.25) is 0 Å². The molecule has 0 unspecified atom stereocenters. The van der Waals surface area contributed by atoms with E-state index in [-0.39, 0.29) is 27.4 Å². The number of benzene rings is 3. The van der Waals surface area contributed by atoms with E-state index in [9.17, 15) is 28.4 Å². The number of nitrogens with zero attached hydrogens (tertiary/aromatic N) is 4. The van der Waals surface area contributed by atoms with E-state index in [1.807, 2.05) is 43.3 Å². The van der Waals surface area contributed by atoms with Gasteiger partial charge in [0.1, 0.15) is 0 Å². The van der Waals surface area contributed by atoms with Crippen LogP contribution in [0.5, 0.6) is 0 Å². The summed E-state index contributed by atoms with van der Waals surface area (Å²) in [6.45, 7) is 0. The molecule has 5 rings (SSSR count). The lowest BCUT2D eigenvalue weighted by Gasteiger charge is -2.23. The Hall–Kier alpha value is -5.16. The molecular weight excluding hydrogens is 532 g/mol. The summed E-state index contributed by atoms with van der Waals surface area (Å²) in [6.07, 6.45) is 3.13. The highest BCUT2D eigenvalue weighted by Crippen LogP contribution is 2.29. The number of fused-ring (bicyclic) bond motifs is 1. The maximum Gasteiger partial charge on any atom is 0.283 e. The van der Waals surface area contributed by atoms with Gasteiger partial charge >= 0.3 is 0 Å². The minimum atomic E-state index is -4.51. The van der Waals surface area contributed by atoms with Crippen LogP contribution in [0.4, 0.5) is 11.4 Å². The third kappa shape index (κ3) is 4.85. The first-order chi connectivity index (χ1) is 19.1. The Morgan fingerprint density at radius 3 is 1.98 bits per heavy atom. The number of sulfonamides is 1. The van der Waals surface area contributed by atoms with E-state index in [2.05, 4.69) is 4.40 Å². The summed E-state index contributed by atoms with van der Waals surface area (Å²) in [6, 6.07) is 21.6. The maximum atomic E-state index is 13.6. The van der Waals surface area contributed by atoms with Crippen LogP contribution in [-0.2, 0) is 10.0 Å². The quantitative estimate of drug-likeness (QED) is 0.203. The van der Waals surface area contributed by atoms with Gasteiger partial charge in [0.05, 0.1) is 9.82 Å². The monoisotopic (exact) mass is 554 g/mol. The molecule has 3 aromatic carbocycles. The van der Waals surface area contributed by atoms with E-state index in [0.717, 1.165) is 41.1 Å². The minimum absolute atomic E-state index is 0.0344. The fourth-order valence-electron chi connectivity index (χ4n) is 4.31. The van der Waals surface area contributed by atoms with E-state index >= 15 is 0 Å². The molecule has 0 saturated heterocycles. The first-order valence-corrected chi connectivity index (χ1v) is 13.5. The number of hydrogen-bond acceptors (Lipinski definition) is 7. The molecule has 0 bridgehead atoms. The number of rotatable bonds is 6. The molecule has 0 radical (unpaired) electrons. The Kier molecular flexibility index (Phi) is 6.74. The normalized spacial score (nSPS) is 14.2. The van der Waals surface area contributed by atoms with Gasteiger partial charge in [0, 0.05) is 49.6 Å². The zero-order chi connectivity index (χ0) is 28.6. The Balaban J connectivity index is 1.61. The number of carbonyl (C=O) groups excluding carboxylic acids is 1. The number of non-ortho nitro benzene ring substituents is 1. The van der Waals surface area contributed by atoms with Crippen molar-refractivity contribution in [2.75, 3.05) is 19.0 Å². The number of nitro groups is 1. The molecular formula is C29H22N4O6S. The molecule has 0 N–H and O–H groups in total. The van der Waals surface area contributed by atoms with Crippen LogP contribution >= 0.6 is 0 Å². The second-order valence-electron chi connectivity index (χ2n) is 9.15. The van der Waals surface area contributed by atoms with Crippen LogP contribution in [0.1, 0.15) is 15.9 Å². The van der Waals surface area contributed by atoms with Crippen LogP contribution in [0.25, 0.3) is 22.6 Å². The highest BCUT2D eigenvalue weighted by molar-refractivity contribution is 7.90. The SMILES string of the molecule is CN(C)c1ccc(-c2cc[n+](C3=C([O-])c4ccccc4C(=O)C3=NS(=O)(=O)c3ccc([N+](=O)[O-])cc3)cc2)cc1. The van der Waals surface area contributed by atoms with Gasteiger partial charge in [0.15, 0.2) is 18.1 Å². The van der Waals surface area contributed by atoms with Crippen molar-refractivity contribution in [3.63, 3.8) is 0 Å². The molecule has 1 heterocycles. The number of hydrogen-bond donors (Lipinski definition) is 0. The number of anilines is 1. The number of carbonyl (C=O) groups is 1. The summed E-state index contributed by atoms with van der Waals surface area (Å²) in [4.78, 5) is 25.4. The van der Waals surface area contributed by atoms with Crippen molar-refractivity contribution in [2.45, 2.75) is 4.90 Å². The number of Topliss-reactive ketones (excluding diaryl/α,β-unsaturated/α-hetero) is 1. The van der Waals surface area contributed by atoms with Gasteiger partial charge in [-0.3, -0.25) is 14.9 Å². The van der Waals surface area contributed by atoms with Gasteiger partial charge in [-0.05, 0) is 46.7 Å². The predicted molar refractivity (Wildman–Crippen MR) is 148 cm³/mol. The highest BCUT2D eigenvalue weighted by atomic mass is 32.2. The molecule has 11 heteroatoms. The van der Waals surface area contributed by atoms with Crippen molar-refractivity contribution in [3.8, 4) is 11.1 Å². The fourth-order valence-corrected chi connectivity index (χ4v) is 5.30. The van der Waals surface area contributed by atoms with Gasteiger partial charge in [-0.2, -0.15) is 13.0 Å². The lowest BCUT2D eigenvalue weighted by molar-refractivity contribution is -0.577. The largest absolute Gasteiger partial charge is 0.867 e. The molecule has 40 heavy (non-hydrogen) atoms. The second kappa shape index (κ2) is 10.2. The number of ketones is 1. The molecule has 0 aliphatic heterocycles. The zero-order valence-electron chi connectivity index (χ0n) is 21.4. The molecule has 0 amide bonds. The molecule has 1 aliphatic rings. The molecule has 0 saturated carbocycles. The third-order valence-corrected chi connectivity index (χ3v) is 7.72. The van der Waals surface area contributed by atoms with Crippen LogP contribution in [-0.4, -0.2) is 38.9 Å². The molecule has 4 aromatic rings. The number of nitro benzene ring substituents is 1. The fraction of sp³-hybridized carbons (Fsp3) is 0.0690. The first-order valence-electron chi connectivity index (χ1n) is 12.0. The lowest BCUT2D eigenvalue weighted by Crippen LogP contribution is -2.43. The second-order valence-corrected chi connectivity index (χ2v) is 10.8. The molecule has 0 spiro atoms. The van der Waals surface area contributed by atoms with Crippen molar-refractivity contribution < 1.29 is 27.8 Å². The van der Waals surface area contributed by atoms with Gasteiger partial charge in [-0.25, -0.2) is 0 Å². The van der Waals surface area contributed by atoms with Crippen LogP contribution in [0, 0.1) is 10.1 Å². The third-order valence-electron chi connectivity index (χ3n) is 6.43. The Morgan fingerprint density at radius 2 is 1.40 bits per heavy atom. The number of allylic oxidation sites excluding steroid dienone is 1. The van der Waals surface area contributed by atoms with Gasteiger partial charge in [-0.15, -0.1) is 4.40 Å². The smallest absolute Gasteiger partial charge is 0.283 e. The highest BCUT2D eigenvalue weighted by Gasteiger charge is 2.35. The maximum absolute atomic E-state index is 13.6. The molecule has 0 atom stereocenters. The minimum Gasteiger partial charge on any atom is -0.867 e.